The lowest BCUT2D eigenvalue weighted by Gasteiger charge is -2.16. The lowest BCUT2D eigenvalue weighted by atomic mass is 9.89. The molecule has 0 saturated heterocycles. The molecule has 0 amide bonds. The van der Waals surface area contributed by atoms with Gasteiger partial charge in [0.25, 0.3) is 0 Å². The lowest BCUT2D eigenvalue weighted by molar-refractivity contribution is 0.348. The summed E-state index contributed by atoms with van der Waals surface area (Å²) in [5.74, 6) is 0.657. The lowest BCUT2D eigenvalue weighted by Crippen LogP contribution is -2.19. The average molecular weight is 410 g/mol. The van der Waals surface area contributed by atoms with Gasteiger partial charge in [0.2, 0.25) is 0 Å². The highest BCUT2D eigenvalue weighted by molar-refractivity contribution is 6.20. The van der Waals surface area contributed by atoms with E-state index in [9.17, 15) is 0 Å². The number of hydrogen-bond donors (Lipinski definition) is 0. The van der Waals surface area contributed by atoms with E-state index < -0.39 is 0 Å². The predicted octanol–water partition coefficient (Wildman–Crippen LogP) is 7.48. The molecule has 2 heteroatoms. The van der Waals surface area contributed by atoms with Crippen molar-refractivity contribution >= 4 is 43.9 Å². The Hall–Kier alpha value is -2.87. The number of halogens is 1. The van der Waals surface area contributed by atoms with Gasteiger partial charge < -0.3 is 4.90 Å². The third kappa shape index (κ3) is 3.45. The fraction of sp³-hybridized carbons (Fsp3) is 0.143. The van der Waals surface area contributed by atoms with E-state index in [1.54, 1.807) is 0 Å². The van der Waals surface area contributed by atoms with Crippen molar-refractivity contribution in [2.45, 2.75) is 6.54 Å². The van der Waals surface area contributed by atoms with Crippen LogP contribution in [0.1, 0.15) is 5.56 Å². The maximum absolute atomic E-state index is 5.88. The summed E-state index contributed by atoms with van der Waals surface area (Å²) in [7, 11) is 2.11. The molecule has 5 aromatic carbocycles. The molecular weight excluding hydrogens is 386 g/mol. The van der Waals surface area contributed by atoms with Gasteiger partial charge in [-0.25, -0.2) is 0 Å². The van der Waals surface area contributed by atoms with Crippen LogP contribution in [-0.4, -0.2) is 24.4 Å². The maximum atomic E-state index is 5.88. The van der Waals surface area contributed by atoms with Crippen molar-refractivity contribution in [2.75, 3.05) is 19.5 Å². The highest BCUT2D eigenvalue weighted by atomic mass is 35.5. The molecule has 0 atom stereocenters. The second-order valence-corrected chi connectivity index (χ2v) is 8.36. The van der Waals surface area contributed by atoms with E-state index in [0.717, 1.165) is 13.1 Å². The van der Waals surface area contributed by atoms with Gasteiger partial charge in [-0.2, -0.15) is 0 Å². The molecule has 1 nitrogen and oxygen atoms in total. The number of benzene rings is 5. The van der Waals surface area contributed by atoms with Gasteiger partial charge in [0.1, 0.15) is 0 Å². The number of hydrogen-bond acceptors (Lipinski definition) is 1. The van der Waals surface area contributed by atoms with Crippen LogP contribution in [0.5, 0.6) is 0 Å². The molecule has 0 fully saturated rings. The summed E-state index contributed by atoms with van der Waals surface area (Å²) >= 11 is 5.88. The fourth-order valence-electron chi connectivity index (χ4n) is 4.44. The van der Waals surface area contributed by atoms with Crippen molar-refractivity contribution in [1.82, 2.24) is 4.90 Å². The van der Waals surface area contributed by atoms with Crippen molar-refractivity contribution in [1.29, 1.82) is 0 Å². The maximum Gasteiger partial charge on any atom is 0.0351 e. The van der Waals surface area contributed by atoms with Crippen LogP contribution in [0.15, 0.2) is 91.0 Å². The second kappa shape index (κ2) is 8.10. The van der Waals surface area contributed by atoms with Gasteiger partial charge in [-0.05, 0) is 62.1 Å². The van der Waals surface area contributed by atoms with Gasteiger partial charge in [0.05, 0.1) is 0 Å². The van der Waals surface area contributed by atoms with Gasteiger partial charge in [-0.3, -0.25) is 0 Å². The van der Waals surface area contributed by atoms with Gasteiger partial charge in [0.15, 0.2) is 0 Å². The molecule has 0 aliphatic carbocycles. The first-order valence-corrected chi connectivity index (χ1v) is 10.9. The molecule has 0 radical (unpaired) electrons. The number of nitrogens with zero attached hydrogens (tertiary/aromatic N) is 1. The van der Waals surface area contributed by atoms with Crippen LogP contribution in [0.2, 0.25) is 0 Å². The minimum Gasteiger partial charge on any atom is -0.301 e. The van der Waals surface area contributed by atoms with E-state index in [4.69, 9.17) is 11.6 Å². The summed E-state index contributed by atoms with van der Waals surface area (Å²) < 4.78 is 0. The highest BCUT2D eigenvalue weighted by Gasteiger charge is 2.12. The first-order valence-electron chi connectivity index (χ1n) is 10.4. The van der Waals surface area contributed by atoms with Crippen molar-refractivity contribution in [3.63, 3.8) is 0 Å². The number of fused-ring (bicyclic) bond motifs is 4. The summed E-state index contributed by atoms with van der Waals surface area (Å²) in [6.45, 7) is 1.80. The normalized spacial score (nSPS) is 11.7. The zero-order valence-electron chi connectivity index (χ0n) is 17.1. The van der Waals surface area contributed by atoms with E-state index in [2.05, 4.69) is 103 Å². The SMILES string of the molecule is CN(CCCl)Cc1ccc(-c2c3ccccc3cc3c2ccc2ccccc23)cc1. The monoisotopic (exact) mass is 409 g/mol. The third-order valence-electron chi connectivity index (χ3n) is 5.93. The topological polar surface area (TPSA) is 3.24 Å². The molecule has 0 bridgehead atoms. The third-order valence-corrected chi connectivity index (χ3v) is 6.10. The van der Waals surface area contributed by atoms with E-state index in [-0.39, 0.29) is 0 Å². The van der Waals surface area contributed by atoms with Crippen molar-refractivity contribution in [3.05, 3.63) is 96.6 Å². The second-order valence-electron chi connectivity index (χ2n) is 7.98. The summed E-state index contributed by atoms with van der Waals surface area (Å²) in [6, 6.07) is 33.2. The number of rotatable bonds is 5. The summed E-state index contributed by atoms with van der Waals surface area (Å²) in [5.41, 5.74) is 3.88. The van der Waals surface area contributed by atoms with Crippen LogP contribution in [0.25, 0.3) is 43.4 Å². The molecule has 0 N–H and O–H groups in total. The molecule has 30 heavy (non-hydrogen) atoms. The Labute approximate surface area is 182 Å². The molecule has 0 saturated carbocycles. The molecule has 0 unspecified atom stereocenters. The van der Waals surface area contributed by atoms with Gasteiger partial charge in [-0.15, -0.1) is 11.6 Å². The summed E-state index contributed by atoms with van der Waals surface area (Å²) in [4.78, 5) is 2.25. The molecular formula is C28H24ClN. The fourth-order valence-corrected chi connectivity index (χ4v) is 4.73. The Morgan fingerprint density at radius 3 is 2.13 bits per heavy atom. The van der Waals surface area contributed by atoms with Gasteiger partial charge in [0, 0.05) is 19.0 Å². The molecule has 0 heterocycles. The van der Waals surface area contributed by atoms with E-state index in [1.807, 2.05) is 0 Å². The zero-order valence-corrected chi connectivity index (χ0v) is 17.9. The van der Waals surface area contributed by atoms with Gasteiger partial charge in [-0.1, -0.05) is 84.9 Å². The molecule has 0 aliphatic rings. The zero-order chi connectivity index (χ0) is 20.5. The summed E-state index contributed by atoms with van der Waals surface area (Å²) in [6.07, 6.45) is 0. The van der Waals surface area contributed by atoms with Crippen LogP contribution in [0.3, 0.4) is 0 Å². The van der Waals surface area contributed by atoms with Crippen LogP contribution in [-0.2, 0) is 6.54 Å². The van der Waals surface area contributed by atoms with Gasteiger partial charge >= 0.3 is 0 Å². The smallest absolute Gasteiger partial charge is 0.0351 e. The predicted molar refractivity (Wildman–Crippen MR) is 131 cm³/mol. The van der Waals surface area contributed by atoms with Crippen molar-refractivity contribution < 1.29 is 0 Å². The molecule has 0 spiro atoms. The Morgan fingerprint density at radius 1 is 0.667 bits per heavy atom. The molecule has 0 aromatic heterocycles. The standard InChI is InChI=1S/C28H24ClN/c1-30(17-16-29)19-20-10-12-22(13-11-20)28-25-9-5-3-7-23(25)18-27-24-8-4-2-6-21(24)14-15-26(27)28/h2-15,18H,16-17,19H2,1H3. The Balaban J connectivity index is 1.71. The molecule has 0 aliphatic heterocycles. The highest BCUT2D eigenvalue weighted by Crippen LogP contribution is 2.39. The van der Waals surface area contributed by atoms with Crippen molar-refractivity contribution in [3.8, 4) is 11.1 Å². The summed E-state index contributed by atoms with van der Waals surface area (Å²) in [5, 5.41) is 7.78. The van der Waals surface area contributed by atoms with Crippen LogP contribution >= 0.6 is 11.6 Å². The van der Waals surface area contributed by atoms with Crippen molar-refractivity contribution in [2.24, 2.45) is 0 Å². The molecule has 5 rings (SSSR count). The first-order chi connectivity index (χ1) is 14.7. The van der Waals surface area contributed by atoms with Crippen LogP contribution < -0.4 is 0 Å². The molecule has 5 aromatic rings. The van der Waals surface area contributed by atoms with E-state index >= 15 is 0 Å². The quantitative estimate of drug-likeness (QED) is 0.165. The van der Waals surface area contributed by atoms with Crippen LogP contribution in [0.4, 0.5) is 0 Å². The minimum atomic E-state index is 0.657. The van der Waals surface area contributed by atoms with E-state index in [0.29, 0.717) is 5.88 Å². The van der Waals surface area contributed by atoms with E-state index in [1.165, 1.54) is 49.0 Å². The first kappa shape index (κ1) is 19.1. The number of alkyl halides is 1. The Kier molecular flexibility index (Phi) is 5.16. The average Bonchev–Trinajstić information content (AvgIpc) is 2.78. The Bertz CT molecular complexity index is 1340. The minimum absolute atomic E-state index is 0.657. The largest absolute Gasteiger partial charge is 0.301 e. The Morgan fingerprint density at radius 2 is 1.37 bits per heavy atom. The molecule has 148 valence electrons. The van der Waals surface area contributed by atoms with Crippen LogP contribution in [0, 0.1) is 0 Å².